The Hall–Kier alpha value is -3.99. The molecule has 0 bridgehead atoms. The van der Waals surface area contributed by atoms with Crippen molar-refractivity contribution in [2.24, 2.45) is 0 Å². The van der Waals surface area contributed by atoms with E-state index in [1.807, 2.05) is 0 Å². The Balaban J connectivity index is 1.28. The number of fused-ring (bicyclic) bond motifs is 1. The molecule has 1 aliphatic rings. The third-order valence-electron chi connectivity index (χ3n) is 4.98. The van der Waals surface area contributed by atoms with Crippen molar-refractivity contribution in [2.45, 2.75) is 13.0 Å². The van der Waals surface area contributed by atoms with E-state index in [0.717, 1.165) is 10.6 Å². The van der Waals surface area contributed by atoms with Gasteiger partial charge in [0, 0.05) is 35.8 Å². The molecule has 0 atom stereocenters. The molecule has 160 valence electrons. The average Bonchev–Trinajstić information content (AvgIpc) is 3.46. The zero-order valence-electron chi connectivity index (χ0n) is 16.6. The summed E-state index contributed by atoms with van der Waals surface area (Å²) in [6.45, 7) is 0.885. The Labute approximate surface area is 185 Å². The lowest BCUT2D eigenvalue weighted by molar-refractivity contribution is 0.0730. The van der Waals surface area contributed by atoms with Crippen LogP contribution in [0.25, 0.3) is 11.3 Å². The molecule has 0 saturated carbocycles. The minimum Gasteiger partial charge on any atom is -0.332 e. The van der Waals surface area contributed by atoms with Gasteiger partial charge in [-0.3, -0.25) is 25.0 Å². The molecule has 1 aromatic carbocycles. The summed E-state index contributed by atoms with van der Waals surface area (Å²) in [6.07, 6.45) is 4.90. The summed E-state index contributed by atoms with van der Waals surface area (Å²) in [5.41, 5.74) is 2.71. The second-order valence-corrected chi connectivity index (χ2v) is 8.17. The second kappa shape index (κ2) is 8.27. The van der Waals surface area contributed by atoms with Crippen LogP contribution < -0.4 is 5.32 Å². The first-order chi connectivity index (χ1) is 15.6. The molecule has 5 rings (SSSR count). The van der Waals surface area contributed by atoms with E-state index in [-0.39, 0.29) is 23.3 Å². The number of carbonyl (C=O) groups excluding carboxylic acids is 2. The van der Waals surface area contributed by atoms with Crippen molar-refractivity contribution in [3.8, 4) is 11.3 Å². The largest absolute Gasteiger partial charge is 0.332 e. The van der Waals surface area contributed by atoms with Gasteiger partial charge in [0.1, 0.15) is 17.2 Å². The molecule has 11 heteroatoms. The van der Waals surface area contributed by atoms with Crippen LogP contribution in [0.4, 0.5) is 9.52 Å². The van der Waals surface area contributed by atoms with Crippen LogP contribution in [0.15, 0.2) is 48.9 Å². The van der Waals surface area contributed by atoms with Gasteiger partial charge >= 0.3 is 0 Å². The van der Waals surface area contributed by atoms with Gasteiger partial charge in [-0.1, -0.05) is 11.3 Å². The number of anilines is 1. The summed E-state index contributed by atoms with van der Waals surface area (Å²) in [5, 5.41) is 10.1. The summed E-state index contributed by atoms with van der Waals surface area (Å²) in [4.78, 5) is 40.2. The number of H-pyrrole nitrogens is 1. The smallest absolute Gasteiger partial charge is 0.277 e. The predicted octanol–water partition coefficient (Wildman–Crippen LogP) is 2.91. The van der Waals surface area contributed by atoms with Crippen LogP contribution in [0, 0.1) is 5.82 Å². The van der Waals surface area contributed by atoms with E-state index in [1.54, 1.807) is 23.1 Å². The van der Waals surface area contributed by atoms with Gasteiger partial charge in [-0.25, -0.2) is 14.4 Å². The highest BCUT2D eigenvalue weighted by Gasteiger charge is 2.26. The molecule has 0 spiro atoms. The van der Waals surface area contributed by atoms with Crippen LogP contribution in [0.1, 0.15) is 31.5 Å². The van der Waals surface area contributed by atoms with Crippen molar-refractivity contribution in [1.82, 2.24) is 30.0 Å². The molecule has 1 aliphatic heterocycles. The van der Waals surface area contributed by atoms with Crippen LogP contribution in [0.3, 0.4) is 0 Å². The van der Waals surface area contributed by atoms with E-state index in [0.29, 0.717) is 41.6 Å². The zero-order valence-corrected chi connectivity index (χ0v) is 17.4. The summed E-state index contributed by atoms with van der Waals surface area (Å²) < 4.78 is 13.1. The quantitative estimate of drug-likeness (QED) is 0.495. The highest BCUT2D eigenvalue weighted by Crippen LogP contribution is 2.29. The lowest BCUT2D eigenvalue weighted by atomic mass is 10.1. The first kappa shape index (κ1) is 19.9. The van der Waals surface area contributed by atoms with Gasteiger partial charge in [0.2, 0.25) is 0 Å². The number of aromatic amines is 1. The molecule has 2 N–H and O–H groups in total. The van der Waals surface area contributed by atoms with Crippen LogP contribution in [-0.2, 0) is 13.0 Å². The van der Waals surface area contributed by atoms with Gasteiger partial charge in [0.25, 0.3) is 11.8 Å². The van der Waals surface area contributed by atoms with Gasteiger partial charge in [-0.05, 0) is 30.3 Å². The number of hydrogen-bond donors (Lipinski definition) is 2. The van der Waals surface area contributed by atoms with Gasteiger partial charge < -0.3 is 4.90 Å². The predicted molar refractivity (Wildman–Crippen MR) is 115 cm³/mol. The fourth-order valence-corrected chi connectivity index (χ4v) is 4.39. The first-order valence-electron chi connectivity index (χ1n) is 9.73. The third kappa shape index (κ3) is 3.97. The van der Waals surface area contributed by atoms with Crippen LogP contribution >= 0.6 is 11.3 Å². The number of benzene rings is 1. The molecule has 4 heterocycles. The Morgan fingerprint density at radius 3 is 2.81 bits per heavy atom. The molecule has 0 saturated heterocycles. The van der Waals surface area contributed by atoms with Crippen LogP contribution in [0.5, 0.6) is 0 Å². The lowest BCUT2D eigenvalue weighted by Crippen LogP contribution is -2.35. The van der Waals surface area contributed by atoms with Crippen molar-refractivity contribution in [3.05, 3.63) is 76.7 Å². The van der Waals surface area contributed by atoms with Crippen molar-refractivity contribution in [2.75, 3.05) is 11.9 Å². The number of halogens is 1. The van der Waals surface area contributed by atoms with E-state index in [4.69, 9.17) is 0 Å². The Morgan fingerprint density at radius 2 is 2.03 bits per heavy atom. The number of thiazole rings is 1. The SMILES string of the molecule is O=C(Nc1nc2c(s1)CN(C(=O)c1cc(-c3ccc(F)cc3)n[nH]1)CC2)c1cnccn1. The number of nitrogens with one attached hydrogen (secondary N) is 2. The number of nitrogens with zero attached hydrogens (tertiary/aromatic N) is 5. The van der Waals surface area contributed by atoms with E-state index >= 15 is 0 Å². The fourth-order valence-electron chi connectivity index (χ4n) is 3.37. The third-order valence-corrected chi connectivity index (χ3v) is 5.98. The topological polar surface area (TPSA) is 117 Å². The lowest BCUT2D eigenvalue weighted by Gasteiger charge is -2.25. The minimum absolute atomic E-state index is 0.185. The van der Waals surface area contributed by atoms with Crippen LogP contribution in [-0.4, -0.2) is 48.4 Å². The number of amides is 2. The molecule has 0 fully saturated rings. The molecular weight excluding hydrogens is 433 g/mol. The number of rotatable bonds is 4. The summed E-state index contributed by atoms with van der Waals surface area (Å²) in [7, 11) is 0. The molecule has 9 nitrogen and oxygen atoms in total. The number of aromatic nitrogens is 5. The number of hydrogen-bond acceptors (Lipinski definition) is 7. The number of carbonyl (C=O) groups is 2. The van der Waals surface area contributed by atoms with Crippen molar-refractivity contribution in [3.63, 3.8) is 0 Å². The van der Waals surface area contributed by atoms with E-state index in [2.05, 4.69) is 30.5 Å². The van der Waals surface area contributed by atoms with Crippen LogP contribution in [0.2, 0.25) is 0 Å². The average molecular weight is 449 g/mol. The highest BCUT2D eigenvalue weighted by molar-refractivity contribution is 7.15. The van der Waals surface area contributed by atoms with Gasteiger partial charge in [-0.15, -0.1) is 0 Å². The normalized spacial score (nSPS) is 13.0. The van der Waals surface area contributed by atoms with Crippen molar-refractivity contribution < 1.29 is 14.0 Å². The maximum absolute atomic E-state index is 13.1. The molecule has 2 amide bonds. The molecule has 0 radical (unpaired) electrons. The van der Waals surface area contributed by atoms with E-state index in [9.17, 15) is 14.0 Å². The first-order valence-corrected chi connectivity index (χ1v) is 10.5. The van der Waals surface area contributed by atoms with E-state index < -0.39 is 0 Å². The minimum atomic E-state index is -0.386. The highest BCUT2D eigenvalue weighted by atomic mass is 32.1. The van der Waals surface area contributed by atoms with Gasteiger partial charge in [0.15, 0.2) is 5.13 Å². The summed E-state index contributed by atoms with van der Waals surface area (Å²) >= 11 is 1.33. The summed E-state index contributed by atoms with van der Waals surface area (Å²) in [5.74, 6) is -0.903. The Kier molecular flexibility index (Phi) is 5.15. The Morgan fingerprint density at radius 1 is 1.19 bits per heavy atom. The molecule has 4 aromatic rings. The van der Waals surface area contributed by atoms with Crippen molar-refractivity contribution in [1.29, 1.82) is 0 Å². The standard InChI is InChI=1S/C21H16FN7O2S/c22-13-3-1-12(2-4-13)15-9-16(28-27-15)20(31)29-8-5-14-18(11-29)32-21(25-14)26-19(30)17-10-23-6-7-24-17/h1-4,6-7,9-10H,5,8,11H2,(H,27,28)(H,25,26,30). The summed E-state index contributed by atoms with van der Waals surface area (Å²) in [6, 6.07) is 7.58. The fraction of sp³-hybridized carbons (Fsp3) is 0.143. The molecule has 0 aliphatic carbocycles. The maximum Gasteiger partial charge on any atom is 0.277 e. The molecule has 3 aromatic heterocycles. The monoisotopic (exact) mass is 449 g/mol. The molecule has 0 unspecified atom stereocenters. The van der Waals surface area contributed by atoms with E-state index in [1.165, 1.54) is 42.1 Å². The Bertz CT molecular complexity index is 1290. The zero-order chi connectivity index (χ0) is 22.1. The van der Waals surface area contributed by atoms with Gasteiger partial charge in [-0.2, -0.15) is 5.10 Å². The molecular formula is C21H16FN7O2S. The van der Waals surface area contributed by atoms with Crippen molar-refractivity contribution >= 4 is 28.3 Å². The maximum atomic E-state index is 13.1. The second-order valence-electron chi connectivity index (χ2n) is 7.08. The van der Waals surface area contributed by atoms with Gasteiger partial charge in [0.05, 0.1) is 24.1 Å². The molecule has 32 heavy (non-hydrogen) atoms.